The van der Waals surface area contributed by atoms with Crippen LogP contribution in [0.25, 0.3) is 11.3 Å². The van der Waals surface area contributed by atoms with E-state index in [1.165, 1.54) is 0 Å². The summed E-state index contributed by atoms with van der Waals surface area (Å²) in [4.78, 5) is 0.288. The lowest BCUT2D eigenvalue weighted by atomic mass is 9.85. The Morgan fingerprint density at radius 3 is 1.85 bits per heavy atom. The molecule has 1 heterocycles. The van der Waals surface area contributed by atoms with Crippen molar-refractivity contribution in [3.05, 3.63) is 35.5 Å². The summed E-state index contributed by atoms with van der Waals surface area (Å²) in [6.45, 7) is 19.8. The molecule has 0 bridgehead atoms. The lowest BCUT2D eigenvalue weighted by Gasteiger charge is -2.27. The molecular weight excluding hydrogens is 458 g/mol. The van der Waals surface area contributed by atoms with Crippen molar-refractivity contribution >= 4 is 20.0 Å². The quantitative estimate of drug-likeness (QED) is 0.632. The largest absolute Gasteiger partial charge is 0.343 e. The van der Waals surface area contributed by atoms with Crippen LogP contribution in [0, 0.1) is 12.3 Å². The zero-order valence-electron chi connectivity index (χ0n) is 21.5. The van der Waals surface area contributed by atoms with E-state index >= 15 is 0 Å². The van der Waals surface area contributed by atoms with Crippen molar-refractivity contribution in [2.45, 2.75) is 96.5 Å². The Kier molecular flexibility index (Phi) is 7.11. The van der Waals surface area contributed by atoms with Gasteiger partial charge < -0.3 is 4.57 Å². The number of aromatic nitrogens is 1. The summed E-state index contributed by atoms with van der Waals surface area (Å²) >= 11 is 0. The van der Waals surface area contributed by atoms with Gasteiger partial charge in [0.2, 0.25) is 20.0 Å². The Bertz CT molecular complexity index is 1250. The smallest absolute Gasteiger partial charge is 0.241 e. The Hall–Kier alpha value is -1.68. The van der Waals surface area contributed by atoms with Gasteiger partial charge in [0, 0.05) is 23.5 Å². The first kappa shape index (κ1) is 27.6. The fraction of sp³-hybridized carbons (Fsp3) is 0.583. The van der Waals surface area contributed by atoms with E-state index in [0.717, 1.165) is 5.56 Å². The van der Waals surface area contributed by atoms with E-state index < -0.39 is 31.0 Å². The van der Waals surface area contributed by atoms with Gasteiger partial charge in [-0.1, -0.05) is 47.6 Å². The monoisotopic (exact) mass is 497 g/mol. The predicted molar refractivity (Wildman–Crippen MR) is 134 cm³/mol. The van der Waals surface area contributed by atoms with E-state index in [1.807, 2.05) is 31.4 Å². The molecule has 0 unspecified atom stereocenters. The lowest BCUT2D eigenvalue weighted by molar-refractivity contribution is 0.342. The molecule has 0 amide bonds. The van der Waals surface area contributed by atoms with Crippen LogP contribution in [0.1, 0.15) is 73.6 Å². The van der Waals surface area contributed by atoms with Gasteiger partial charge in [0.15, 0.2) is 0 Å². The van der Waals surface area contributed by atoms with Gasteiger partial charge in [0.25, 0.3) is 0 Å². The number of rotatable bonds is 5. The molecule has 0 fully saturated rings. The van der Waals surface area contributed by atoms with E-state index in [9.17, 15) is 16.8 Å². The third kappa shape index (κ3) is 6.68. The zero-order valence-corrected chi connectivity index (χ0v) is 23.1. The molecule has 0 aliphatic carbocycles. The van der Waals surface area contributed by atoms with E-state index in [1.54, 1.807) is 45.9 Å². The molecule has 0 saturated carbocycles. The SMILES string of the molecule is Cc1c(S(N)(=O)=O)cc(-c2ccc(S(=O)(=O)NC(C)(C)C)c(C(C)(C)C)c2)n1CC(C)(C)C. The summed E-state index contributed by atoms with van der Waals surface area (Å²) in [5, 5.41) is 5.49. The van der Waals surface area contributed by atoms with Crippen LogP contribution in [0.4, 0.5) is 0 Å². The molecule has 1 aromatic carbocycles. The molecule has 33 heavy (non-hydrogen) atoms. The first-order valence-electron chi connectivity index (χ1n) is 10.9. The molecule has 0 spiro atoms. The second-order valence-electron chi connectivity index (χ2n) is 12.0. The van der Waals surface area contributed by atoms with Crippen LogP contribution in [0.5, 0.6) is 0 Å². The summed E-state index contributed by atoms with van der Waals surface area (Å²) in [6, 6.07) is 6.76. The van der Waals surface area contributed by atoms with Crippen molar-refractivity contribution in [1.82, 2.24) is 9.29 Å². The molecular formula is C24H39N3O4S2. The highest BCUT2D eigenvalue weighted by Crippen LogP contribution is 2.36. The molecule has 0 aliphatic heterocycles. The molecule has 7 nitrogen and oxygen atoms in total. The van der Waals surface area contributed by atoms with Crippen LogP contribution in [-0.4, -0.2) is 26.9 Å². The topological polar surface area (TPSA) is 111 Å². The highest BCUT2D eigenvalue weighted by atomic mass is 32.2. The van der Waals surface area contributed by atoms with Gasteiger partial charge in [-0.2, -0.15) is 0 Å². The summed E-state index contributed by atoms with van der Waals surface area (Å²) in [6.07, 6.45) is 0. The summed E-state index contributed by atoms with van der Waals surface area (Å²) in [5.41, 5.74) is 1.40. The van der Waals surface area contributed by atoms with Crippen molar-refractivity contribution in [2.75, 3.05) is 0 Å². The summed E-state index contributed by atoms with van der Waals surface area (Å²) < 4.78 is 55.5. The highest BCUT2D eigenvalue weighted by Gasteiger charge is 2.30. The average Bonchev–Trinajstić information content (AvgIpc) is 2.86. The van der Waals surface area contributed by atoms with Gasteiger partial charge in [0.05, 0.1) is 4.90 Å². The van der Waals surface area contributed by atoms with Crippen molar-refractivity contribution in [3.63, 3.8) is 0 Å². The number of sulfonamides is 2. The molecule has 0 aliphatic rings. The lowest BCUT2D eigenvalue weighted by Crippen LogP contribution is -2.41. The van der Waals surface area contributed by atoms with E-state index in [2.05, 4.69) is 25.5 Å². The van der Waals surface area contributed by atoms with Crippen LogP contribution >= 0.6 is 0 Å². The van der Waals surface area contributed by atoms with Gasteiger partial charge in [-0.15, -0.1) is 0 Å². The minimum atomic E-state index is -3.92. The van der Waals surface area contributed by atoms with Crippen LogP contribution < -0.4 is 9.86 Å². The highest BCUT2D eigenvalue weighted by molar-refractivity contribution is 7.89. The fourth-order valence-corrected chi connectivity index (χ4v) is 6.41. The molecule has 3 N–H and O–H groups in total. The van der Waals surface area contributed by atoms with E-state index in [4.69, 9.17) is 5.14 Å². The number of nitrogens with two attached hydrogens (primary N) is 1. The first-order chi connectivity index (χ1) is 14.5. The van der Waals surface area contributed by atoms with Gasteiger partial charge >= 0.3 is 0 Å². The van der Waals surface area contributed by atoms with Gasteiger partial charge in [0.1, 0.15) is 4.90 Å². The Labute approximate surface area is 199 Å². The number of benzene rings is 1. The third-order valence-electron chi connectivity index (χ3n) is 5.07. The minimum Gasteiger partial charge on any atom is -0.343 e. The first-order valence-corrected chi connectivity index (χ1v) is 14.0. The van der Waals surface area contributed by atoms with Crippen molar-refractivity contribution in [1.29, 1.82) is 0 Å². The number of primary sulfonamides is 1. The third-order valence-corrected chi connectivity index (χ3v) is 7.91. The molecule has 0 saturated heterocycles. The molecule has 2 aromatic rings. The van der Waals surface area contributed by atoms with Gasteiger partial charge in [-0.3, -0.25) is 0 Å². The average molecular weight is 498 g/mol. The van der Waals surface area contributed by atoms with Crippen molar-refractivity contribution in [2.24, 2.45) is 10.6 Å². The molecule has 2 rings (SSSR count). The number of hydrogen-bond acceptors (Lipinski definition) is 4. The second-order valence-corrected chi connectivity index (χ2v) is 15.2. The second kappa shape index (κ2) is 8.52. The summed E-state index contributed by atoms with van der Waals surface area (Å²) in [5.74, 6) is 0. The Morgan fingerprint density at radius 2 is 1.42 bits per heavy atom. The molecule has 0 atom stereocenters. The number of nitrogens with one attached hydrogen (secondary N) is 1. The molecule has 9 heteroatoms. The molecule has 0 radical (unpaired) electrons. The van der Waals surface area contributed by atoms with E-state index in [0.29, 0.717) is 23.5 Å². The maximum atomic E-state index is 13.2. The fourth-order valence-electron chi connectivity index (χ4n) is 3.79. The Balaban J connectivity index is 2.84. The predicted octanol–water partition coefficient (Wildman–Crippen LogP) is 4.53. The van der Waals surface area contributed by atoms with Crippen molar-refractivity contribution in [3.8, 4) is 11.3 Å². The standard InChI is InChI=1S/C24H39N3O4S2/c1-16-21(32(25,28)29)14-19(27(16)15-22(2,3)4)17-11-12-20(18(13-17)23(5,6)7)33(30,31)26-24(8,9)10/h11-14,26H,15H2,1-10H3,(H2,25,28,29). The van der Waals surface area contributed by atoms with Crippen LogP contribution in [-0.2, 0) is 32.0 Å². The number of hydrogen-bond donors (Lipinski definition) is 2. The van der Waals surface area contributed by atoms with Gasteiger partial charge in [-0.25, -0.2) is 26.7 Å². The van der Waals surface area contributed by atoms with Crippen LogP contribution in [0.2, 0.25) is 0 Å². The minimum absolute atomic E-state index is 0.0742. The maximum Gasteiger partial charge on any atom is 0.241 e. The van der Waals surface area contributed by atoms with Crippen LogP contribution in [0.15, 0.2) is 34.1 Å². The van der Waals surface area contributed by atoms with Crippen molar-refractivity contribution < 1.29 is 16.8 Å². The normalized spacial score (nSPS) is 14.0. The Morgan fingerprint density at radius 1 is 0.879 bits per heavy atom. The molecule has 1 aromatic heterocycles. The van der Waals surface area contributed by atoms with Gasteiger partial charge in [-0.05, 0) is 67.9 Å². The van der Waals surface area contributed by atoms with Crippen LogP contribution in [0.3, 0.4) is 0 Å². The molecule has 186 valence electrons. The maximum absolute atomic E-state index is 13.2. The zero-order chi connectivity index (χ0) is 25.8. The number of nitrogens with zero attached hydrogens (tertiary/aromatic N) is 1. The summed E-state index contributed by atoms with van der Waals surface area (Å²) in [7, 11) is -7.68. The van der Waals surface area contributed by atoms with E-state index in [-0.39, 0.29) is 15.2 Å².